The zero-order valence-electron chi connectivity index (χ0n) is 12.6. The SMILES string of the molecule is C[Si](C)(C)c1ccc(C(=O)OO[C]2CCCCC2)cc1. The van der Waals surface area contributed by atoms with Crippen LogP contribution in [0.15, 0.2) is 24.3 Å². The molecule has 1 fully saturated rings. The maximum atomic E-state index is 11.9. The van der Waals surface area contributed by atoms with E-state index in [-0.39, 0.29) is 0 Å². The van der Waals surface area contributed by atoms with E-state index in [1.165, 1.54) is 11.6 Å². The molecule has 1 saturated carbocycles. The van der Waals surface area contributed by atoms with Crippen LogP contribution in [-0.2, 0) is 9.78 Å². The molecule has 20 heavy (non-hydrogen) atoms. The molecule has 2 rings (SSSR count). The van der Waals surface area contributed by atoms with Crippen molar-refractivity contribution in [2.75, 3.05) is 0 Å². The van der Waals surface area contributed by atoms with E-state index < -0.39 is 14.0 Å². The summed E-state index contributed by atoms with van der Waals surface area (Å²) >= 11 is 0. The van der Waals surface area contributed by atoms with Crippen LogP contribution in [0.3, 0.4) is 0 Å². The molecule has 0 atom stereocenters. The average Bonchev–Trinajstić information content (AvgIpc) is 2.45. The molecule has 0 aromatic heterocycles. The van der Waals surface area contributed by atoms with Crippen LogP contribution in [0.1, 0.15) is 42.5 Å². The molecule has 4 heteroatoms. The van der Waals surface area contributed by atoms with Crippen molar-refractivity contribution in [2.45, 2.75) is 51.7 Å². The standard InChI is InChI=1S/C16H23O3Si/c1-20(2,3)15-11-9-13(10-12-15)16(17)19-18-14-7-5-4-6-8-14/h9-12H,4-8H2,1-3H3. The molecule has 1 aliphatic carbocycles. The third-order valence-electron chi connectivity index (χ3n) is 3.63. The fraction of sp³-hybridized carbons (Fsp3) is 0.500. The Morgan fingerprint density at radius 2 is 1.60 bits per heavy atom. The van der Waals surface area contributed by atoms with Gasteiger partial charge >= 0.3 is 5.97 Å². The molecule has 0 spiro atoms. The van der Waals surface area contributed by atoms with Gasteiger partial charge in [0.15, 0.2) is 0 Å². The third kappa shape index (κ3) is 4.18. The van der Waals surface area contributed by atoms with E-state index in [0.29, 0.717) is 5.56 Å². The van der Waals surface area contributed by atoms with E-state index in [4.69, 9.17) is 9.78 Å². The van der Waals surface area contributed by atoms with Crippen LogP contribution in [0.5, 0.6) is 0 Å². The summed E-state index contributed by atoms with van der Waals surface area (Å²) in [5.41, 5.74) is 0.545. The van der Waals surface area contributed by atoms with Gasteiger partial charge in [-0.1, -0.05) is 56.2 Å². The number of carbonyl (C=O) groups excluding carboxylic acids is 1. The van der Waals surface area contributed by atoms with Gasteiger partial charge in [0.2, 0.25) is 0 Å². The zero-order valence-corrected chi connectivity index (χ0v) is 13.6. The van der Waals surface area contributed by atoms with E-state index in [1.54, 1.807) is 0 Å². The first-order chi connectivity index (χ1) is 9.47. The quantitative estimate of drug-likeness (QED) is 0.480. The van der Waals surface area contributed by atoms with Crippen molar-refractivity contribution in [1.29, 1.82) is 0 Å². The molecular formula is C16H23O3Si. The number of carbonyl (C=O) groups is 1. The molecule has 0 N–H and O–H groups in total. The Balaban J connectivity index is 1.89. The van der Waals surface area contributed by atoms with Crippen molar-refractivity contribution in [3.05, 3.63) is 35.9 Å². The van der Waals surface area contributed by atoms with Gasteiger partial charge in [-0.15, -0.1) is 0 Å². The first-order valence-electron chi connectivity index (χ1n) is 7.31. The van der Waals surface area contributed by atoms with Crippen LogP contribution in [-0.4, -0.2) is 14.0 Å². The summed E-state index contributed by atoms with van der Waals surface area (Å²) in [6.45, 7) is 6.84. The predicted molar refractivity (Wildman–Crippen MR) is 82.3 cm³/mol. The predicted octanol–water partition coefficient (Wildman–Crippen LogP) is 3.82. The number of hydrogen-bond donors (Lipinski definition) is 0. The van der Waals surface area contributed by atoms with Crippen molar-refractivity contribution >= 4 is 19.2 Å². The maximum absolute atomic E-state index is 11.9. The second-order valence-electron chi connectivity index (χ2n) is 6.38. The molecule has 0 unspecified atom stereocenters. The number of benzene rings is 1. The highest BCUT2D eigenvalue weighted by atomic mass is 28.3. The lowest BCUT2D eigenvalue weighted by molar-refractivity contribution is -0.239. The Bertz CT molecular complexity index is 442. The largest absolute Gasteiger partial charge is 0.373 e. The summed E-state index contributed by atoms with van der Waals surface area (Å²) in [4.78, 5) is 22.0. The first-order valence-corrected chi connectivity index (χ1v) is 10.8. The lowest BCUT2D eigenvalue weighted by atomic mass is 9.98. The Morgan fingerprint density at radius 3 is 2.15 bits per heavy atom. The Kier molecular flexibility index (Phi) is 4.99. The molecule has 0 bridgehead atoms. The average molecular weight is 291 g/mol. The molecule has 0 aliphatic heterocycles. The minimum absolute atomic E-state index is 0.412. The van der Waals surface area contributed by atoms with Crippen LogP contribution in [0.2, 0.25) is 19.6 Å². The second-order valence-corrected chi connectivity index (χ2v) is 11.5. The van der Waals surface area contributed by atoms with Crippen molar-refractivity contribution in [3.63, 3.8) is 0 Å². The van der Waals surface area contributed by atoms with Crippen molar-refractivity contribution in [3.8, 4) is 0 Å². The van der Waals surface area contributed by atoms with Crippen molar-refractivity contribution in [1.82, 2.24) is 0 Å². The summed E-state index contributed by atoms with van der Waals surface area (Å²) < 4.78 is 0. The normalized spacial score (nSPS) is 16.9. The molecule has 0 saturated heterocycles. The molecule has 1 aliphatic rings. The molecule has 109 valence electrons. The number of hydrogen-bond acceptors (Lipinski definition) is 3. The monoisotopic (exact) mass is 291 g/mol. The minimum atomic E-state index is -1.32. The van der Waals surface area contributed by atoms with Crippen LogP contribution in [0.4, 0.5) is 0 Å². The smallest absolute Gasteiger partial charge is 0.292 e. The van der Waals surface area contributed by atoms with Crippen LogP contribution < -0.4 is 5.19 Å². The van der Waals surface area contributed by atoms with Gasteiger partial charge in [0.05, 0.1) is 13.6 Å². The first kappa shape index (κ1) is 15.3. The molecule has 3 nitrogen and oxygen atoms in total. The molecule has 1 aromatic carbocycles. The van der Waals surface area contributed by atoms with Gasteiger partial charge in [-0.2, -0.15) is 4.89 Å². The van der Waals surface area contributed by atoms with Crippen LogP contribution >= 0.6 is 0 Å². The molecule has 1 aromatic rings. The van der Waals surface area contributed by atoms with E-state index >= 15 is 0 Å². The second kappa shape index (κ2) is 6.55. The van der Waals surface area contributed by atoms with Gasteiger partial charge in [-0.3, -0.25) is 4.89 Å². The summed E-state index contributed by atoms with van der Waals surface area (Å²) in [5, 5.41) is 1.33. The lowest BCUT2D eigenvalue weighted by Crippen LogP contribution is -2.37. The third-order valence-corrected chi connectivity index (χ3v) is 5.70. The minimum Gasteiger partial charge on any atom is -0.292 e. The zero-order chi connectivity index (χ0) is 14.6. The van der Waals surface area contributed by atoms with Gasteiger partial charge in [0.25, 0.3) is 0 Å². The van der Waals surface area contributed by atoms with E-state index in [9.17, 15) is 4.79 Å². The topological polar surface area (TPSA) is 35.5 Å². The number of rotatable bonds is 4. The van der Waals surface area contributed by atoms with Gasteiger partial charge in [-0.05, 0) is 25.0 Å². The highest BCUT2D eigenvalue weighted by Crippen LogP contribution is 2.26. The fourth-order valence-corrected chi connectivity index (χ4v) is 3.45. The molecule has 1 radical (unpaired) electrons. The molecule has 0 amide bonds. The van der Waals surface area contributed by atoms with E-state index in [2.05, 4.69) is 19.6 Å². The molecular weight excluding hydrogens is 268 g/mol. The fourth-order valence-electron chi connectivity index (χ4n) is 2.28. The summed E-state index contributed by atoms with van der Waals surface area (Å²) in [7, 11) is -1.32. The highest BCUT2D eigenvalue weighted by molar-refractivity contribution is 6.88. The van der Waals surface area contributed by atoms with E-state index in [0.717, 1.165) is 31.8 Å². The van der Waals surface area contributed by atoms with Crippen molar-refractivity contribution in [2.24, 2.45) is 0 Å². The van der Waals surface area contributed by atoms with Crippen LogP contribution in [0.25, 0.3) is 0 Å². The van der Waals surface area contributed by atoms with Gasteiger partial charge in [0, 0.05) is 0 Å². The summed E-state index contributed by atoms with van der Waals surface area (Å²) in [6.07, 6.45) is 6.18. The Morgan fingerprint density at radius 1 is 1.00 bits per heavy atom. The van der Waals surface area contributed by atoms with Gasteiger partial charge < -0.3 is 0 Å². The summed E-state index contributed by atoms with van der Waals surface area (Å²) in [5.74, 6) is -0.412. The van der Waals surface area contributed by atoms with Gasteiger partial charge in [0.1, 0.15) is 6.10 Å². The Labute approximate surface area is 122 Å². The van der Waals surface area contributed by atoms with Gasteiger partial charge in [-0.25, -0.2) is 4.79 Å². The highest BCUT2D eigenvalue weighted by Gasteiger charge is 2.20. The maximum Gasteiger partial charge on any atom is 0.373 e. The van der Waals surface area contributed by atoms with Crippen molar-refractivity contribution < 1.29 is 14.6 Å². The Hall–Kier alpha value is -1.13. The van der Waals surface area contributed by atoms with E-state index in [1.807, 2.05) is 24.3 Å². The molecule has 0 heterocycles. The lowest BCUT2D eigenvalue weighted by Gasteiger charge is -2.19. The van der Waals surface area contributed by atoms with Crippen LogP contribution in [0, 0.1) is 6.10 Å². The summed E-state index contributed by atoms with van der Waals surface area (Å²) in [6, 6.07) is 7.70.